The molecular weight excluding hydrogens is 1270 g/mol. The molecule has 29 heteroatoms. The predicted octanol–water partition coefficient (Wildman–Crippen LogP) is -2.22. The number of carbonyl (C=O) groups excluding carboxylic acids is 1. The van der Waals surface area contributed by atoms with Crippen molar-refractivity contribution in [2.75, 3.05) is 39.6 Å². The van der Waals surface area contributed by atoms with Crippen LogP contribution in [-0.4, -0.2) is 298 Å². The second kappa shape index (κ2) is 30.3. The quantitative estimate of drug-likeness (QED) is 0.0223. The molecule has 0 aromatic rings. The van der Waals surface area contributed by atoms with Crippen molar-refractivity contribution in [3.05, 3.63) is 23.3 Å². The van der Waals surface area contributed by atoms with E-state index in [0.29, 0.717) is 44.1 Å². The molecule has 4 aliphatic heterocycles. The molecule has 9 rings (SSSR count). The van der Waals surface area contributed by atoms with Gasteiger partial charge >= 0.3 is 5.97 Å². The molecule has 29 nitrogen and oxygen atoms in total. The Kier molecular flexibility index (Phi) is 24.6. The van der Waals surface area contributed by atoms with Crippen LogP contribution >= 0.6 is 0 Å². The Morgan fingerprint density at radius 2 is 1.24 bits per heavy atom. The highest BCUT2D eigenvalue weighted by molar-refractivity contribution is 5.87. The lowest BCUT2D eigenvalue weighted by atomic mass is 9.33. The molecule has 0 aromatic heterocycles. The van der Waals surface area contributed by atoms with Gasteiger partial charge in [0.25, 0.3) is 0 Å². The predicted molar refractivity (Wildman–Crippen MR) is 331 cm³/mol. The Bertz CT molecular complexity index is 2640. The van der Waals surface area contributed by atoms with E-state index in [1.807, 2.05) is 13.8 Å². The molecular formula is C67H112O29. The minimum Gasteiger partial charge on any atom is -0.462 e. The third-order valence-electron chi connectivity index (χ3n) is 24.7. The van der Waals surface area contributed by atoms with E-state index in [9.17, 15) is 91.6 Å². The maximum absolute atomic E-state index is 12.8. The monoisotopic (exact) mass is 1380 g/mol. The Labute approximate surface area is 560 Å². The summed E-state index contributed by atoms with van der Waals surface area (Å²) < 4.78 is 66.6. The molecule has 96 heavy (non-hydrogen) atoms. The Balaban J connectivity index is 0.957. The third kappa shape index (κ3) is 14.4. The second-order valence-corrected chi connectivity index (χ2v) is 31.1. The Hall–Kier alpha value is -2.13. The fourth-order valence-electron chi connectivity index (χ4n) is 18.2. The highest BCUT2D eigenvalue weighted by Gasteiger charge is 2.71. The SMILES string of the molecule is C/C=C(\C)C(=O)OCC[C@H](O)C(CO[C@@H]1OC(CO)[C@@H](O)C(O)[C@@H]1O)O[C@@H](O[C@H]1CC[C@@]2(C)C(CC[C@]3(C)C2CC=C2C4CC(C)(C)[C@@H](O)[C@H](O)[C@]4(CO[C@@H]4OC(CO[C@@H]5OC(CO)[C@@H](O)C(O)[C@@H]5O)[C@@H](O)C(O)[C@@H]4O[C@@H]4OC(C)[C@H](O)C(O)[C@@H]4O)CC[C@]23C)C1(C)C)[C@H](C)O. The van der Waals surface area contributed by atoms with Gasteiger partial charge in [0.2, 0.25) is 0 Å². The van der Waals surface area contributed by atoms with Crippen molar-refractivity contribution < 1.29 is 144 Å². The van der Waals surface area contributed by atoms with Crippen LogP contribution in [0, 0.1) is 50.2 Å². The van der Waals surface area contributed by atoms with Gasteiger partial charge in [0.05, 0.1) is 70.2 Å². The zero-order valence-electron chi connectivity index (χ0n) is 57.1. The molecule has 4 saturated heterocycles. The molecule has 4 heterocycles. The Morgan fingerprint density at radius 3 is 1.84 bits per heavy atom. The van der Waals surface area contributed by atoms with Crippen molar-refractivity contribution >= 4 is 5.97 Å². The topological polar surface area (TPSA) is 463 Å². The lowest BCUT2D eigenvalue weighted by Gasteiger charge is -2.72. The van der Waals surface area contributed by atoms with Crippen LogP contribution < -0.4 is 0 Å². The van der Waals surface area contributed by atoms with Crippen molar-refractivity contribution in [3.8, 4) is 0 Å². The fraction of sp³-hybridized carbons (Fsp3) is 0.925. The summed E-state index contributed by atoms with van der Waals surface area (Å²) in [5.41, 5.74) is -2.24. The molecule has 4 saturated carbocycles. The summed E-state index contributed by atoms with van der Waals surface area (Å²) in [5.74, 6) is -0.834. The number of esters is 1. The van der Waals surface area contributed by atoms with Crippen LogP contribution in [0.4, 0.5) is 0 Å². The number of hydrogen-bond donors (Lipinski definition) is 17. The summed E-state index contributed by atoms with van der Waals surface area (Å²) in [4.78, 5) is 12.5. The van der Waals surface area contributed by atoms with E-state index in [1.54, 1.807) is 19.9 Å². The normalized spacial score (nSPS) is 48.4. The van der Waals surface area contributed by atoms with Crippen LogP contribution in [0.5, 0.6) is 0 Å². The average molecular weight is 1380 g/mol. The van der Waals surface area contributed by atoms with Crippen LogP contribution in [0.15, 0.2) is 23.3 Å². The number of allylic oxidation sites excluding steroid dienone is 3. The molecule has 0 amide bonds. The standard InChI is InChI=1S/C67H112O29/c1-12-29(2)56(85)86-22-17-34(71)37(26-87-58-50(80)47(77)43(73)35(24-68)91-58)93-57(30(3)70)95-41-16-18-64(9)39(63(41,7)8)15-19-66(11)40(64)14-13-32-33-23-62(5,6)54(83)55(84)67(33,21-20-65(32,66)10)28-89-61-53(96-60-52(82)46(76)42(72)31(4)90-60)49(79)45(75)38(94-61)27-88-59-51(81)48(78)44(74)36(25-69)92-59/h12-13,30-31,33-55,57-61,68-84H,14-28H2,1-11H3/b29-12+/t30-,31?,33?,34-,35?,36?,37?,38?,39?,40?,41-,42-,43+,44+,45+,46?,47?,48?,49?,50-,51-,52-,53-,54-,55-,57-,58+,59+,60-,61+,64-,65+,66+,67-/m0/s1. The van der Waals surface area contributed by atoms with Gasteiger partial charge < -0.3 is 139 Å². The molecule has 0 aromatic carbocycles. The minimum atomic E-state index is -1.92. The zero-order valence-corrected chi connectivity index (χ0v) is 57.1. The first-order valence-electron chi connectivity index (χ1n) is 34.3. The first kappa shape index (κ1) is 78.0. The highest BCUT2D eigenvalue weighted by Crippen LogP contribution is 2.76. The van der Waals surface area contributed by atoms with Crippen LogP contribution in [0.25, 0.3) is 0 Å². The van der Waals surface area contributed by atoms with E-state index in [1.165, 1.54) is 13.8 Å². The first-order chi connectivity index (χ1) is 44.9. The van der Waals surface area contributed by atoms with E-state index in [4.69, 9.17) is 52.1 Å². The summed E-state index contributed by atoms with van der Waals surface area (Å²) in [7, 11) is 0. The van der Waals surface area contributed by atoms with Gasteiger partial charge in [0, 0.05) is 17.4 Å². The van der Waals surface area contributed by atoms with E-state index in [0.717, 1.165) is 18.4 Å². The number of aliphatic hydroxyl groups excluding tert-OH is 17. The van der Waals surface area contributed by atoms with Gasteiger partial charge in [-0.25, -0.2) is 4.79 Å². The van der Waals surface area contributed by atoms with Gasteiger partial charge in [-0.1, -0.05) is 66.2 Å². The smallest absolute Gasteiger partial charge is 0.333 e. The van der Waals surface area contributed by atoms with Gasteiger partial charge in [-0.2, -0.15) is 0 Å². The van der Waals surface area contributed by atoms with Gasteiger partial charge in [-0.15, -0.1) is 0 Å². The number of carbonyl (C=O) groups is 1. The summed E-state index contributed by atoms with van der Waals surface area (Å²) in [6.07, 6.45) is -33.0. The summed E-state index contributed by atoms with van der Waals surface area (Å²) in [6, 6.07) is 0. The molecule has 0 radical (unpaired) electrons. The molecule has 554 valence electrons. The molecule has 9 aliphatic rings. The zero-order chi connectivity index (χ0) is 70.9. The van der Waals surface area contributed by atoms with E-state index in [-0.39, 0.29) is 42.3 Å². The molecule has 5 aliphatic carbocycles. The first-order valence-corrected chi connectivity index (χ1v) is 34.3. The average Bonchev–Trinajstić information content (AvgIpc) is 0.675. The molecule has 34 atom stereocenters. The van der Waals surface area contributed by atoms with Crippen molar-refractivity contribution in [2.45, 2.75) is 300 Å². The van der Waals surface area contributed by atoms with Crippen molar-refractivity contribution in [1.29, 1.82) is 0 Å². The third-order valence-corrected chi connectivity index (χ3v) is 24.7. The highest BCUT2D eigenvalue weighted by atomic mass is 16.8. The lowest BCUT2D eigenvalue weighted by molar-refractivity contribution is -0.374. The van der Waals surface area contributed by atoms with Crippen LogP contribution in [-0.2, 0) is 56.9 Å². The molecule has 8 fully saturated rings. The molecule has 0 bridgehead atoms. The van der Waals surface area contributed by atoms with E-state index >= 15 is 0 Å². The summed E-state index contributed by atoms with van der Waals surface area (Å²) >= 11 is 0. The fourth-order valence-corrected chi connectivity index (χ4v) is 18.2. The van der Waals surface area contributed by atoms with Crippen molar-refractivity contribution in [3.63, 3.8) is 0 Å². The maximum Gasteiger partial charge on any atom is 0.333 e. The number of aliphatic hydroxyl groups is 17. The minimum absolute atomic E-state index is 0.0607. The number of hydrogen-bond acceptors (Lipinski definition) is 29. The number of ether oxygens (including phenoxy) is 11. The van der Waals surface area contributed by atoms with Crippen LogP contribution in [0.3, 0.4) is 0 Å². The van der Waals surface area contributed by atoms with Gasteiger partial charge in [0.15, 0.2) is 31.5 Å². The van der Waals surface area contributed by atoms with Gasteiger partial charge in [-0.05, 0) is 124 Å². The maximum atomic E-state index is 12.8. The molecule has 17 N–H and O–H groups in total. The van der Waals surface area contributed by atoms with Crippen molar-refractivity contribution in [2.24, 2.45) is 50.2 Å². The number of rotatable bonds is 23. The van der Waals surface area contributed by atoms with Gasteiger partial charge in [-0.3, -0.25) is 0 Å². The Morgan fingerprint density at radius 1 is 0.656 bits per heavy atom. The largest absolute Gasteiger partial charge is 0.462 e. The molecule has 0 spiro atoms. The van der Waals surface area contributed by atoms with Gasteiger partial charge in [0.1, 0.15) is 104 Å². The summed E-state index contributed by atoms with van der Waals surface area (Å²) in [6.45, 7) is 18.2. The molecule has 12 unspecified atom stereocenters. The second-order valence-electron chi connectivity index (χ2n) is 31.1. The van der Waals surface area contributed by atoms with Crippen molar-refractivity contribution in [1.82, 2.24) is 0 Å². The van der Waals surface area contributed by atoms with E-state index < -0.39 is 226 Å². The van der Waals surface area contributed by atoms with E-state index in [2.05, 4.69) is 40.7 Å². The van der Waals surface area contributed by atoms with Crippen LogP contribution in [0.1, 0.15) is 134 Å². The number of fused-ring (bicyclic) bond motifs is 7. The summed E-state index contributed by atoms with van der Waals surface area (Å²) in [5, 5.41) is 187. The lowest BCUT2D eigenvalue weighted by Crippen LogP contribution is -2.68. The van der Waals surface area contributed by atoms with Crippen LogP contribution in [0.2, 0.25) is 0 Å².